The summed E-state index contributed by atoms with van der Waals surface area (Å²) in [6.07, 6.45) is 0. The third-order valence-electron chi connectivity index (χ3n) is 3.07. The van der Waals surface area contributed by atoms with Gasteiger partial charge in [0.05, 0.1) is 10.3 Å². The molecule has 0 atom stereocenters. The second kappa shape index (κ2) is 4.75. The van der Waals surface area contributed by atoms with Crippen LogP contribution in [0.2, 0.25) is 0 Å². The van der Waals surface area contributed by atoms with Crippen molar-refractivity contribution < 1.29 is 14.4 Å². The van der Waals surface area contributed by atoms with Crippen LogP contribution in [0.5, 0.6) is 5.75 Å². The summed E-state index contributed by atoms with van der Waals surface area (Å²) in [7, 11) is 0. The van der Waals surface area contributed by atoms with Gasteiger partial charge in [-0.25, -0.2) is 0 Å². The lowest BCUT2D eigenvalue weighted by atomic mass is 10.1. The van der Waals surface area contributed by atoms with Crippen molar-refractivity contribution in [3.8, 4) is 17.1 Å². The van der Waals surface area contributed by atoms with Crippen molar-refractivity contribution in [2.45, 2.75) is 0 Å². The van der Waals surface area contributed by atoms with E-state index in [0.29, 0.717) is 11.3 Å². The highest BCUT2D eigenvalue weighted by molar-refractivity contribution is 5.81. The number of aromatic hydroxyl groups is 1. The molecule has 3 aromatic rings. The summed E-state index contributed by atoms with van der Waals surface area (Å²) in [5.74, 6) is 0.443. The van der Waals surface area contributed by atoms with Crippen LogP contribution in [0.4, 0.5) is 5.69 Å². The van der Waals surface area contributed by atoms with Gasteiger partial charge in [-0.15, -0.1) is 0 Å². The quantitative estimate of drug-likeness (QED) is 0.576. The lowest BCUT2D eigenvalue weighted by Gasteiger charge is -2.03. The molecule has 1 heterocycles. The van der Waals surface area contributed by atoms with Crippen LogP contribution in [0.25, 0.3) is 22.3 Å². The van der Waals surface area contributed by atoms with E-state index in [1.807, 2.05) is 0 Å². The maximum absolute atomic E-state index is 12.1. The van der Waals surface area contributed by atoms with Gasteiger partial charge in [-0.1, -0.05) is 0 Å². The predicted molar refractivity (Wildman–Crippen MR) is 76.2 cm³/mol. The van der Waals surface area contributed by atoms with E-state index in [2.05, 4.69) is 0 Å². The smallest absolute Gasteiger partial charge is 0.270 e. The largest absolute Gasteiger partial charge is 0.508 e. The van der Waals surface area contributed by atoms with Gasteiger partial charge in [0.25, 0.3) is 5.69 Å². The Morgan fingerprint density at radius 1 is 1.05 bits per heavy atom. The van der Waals surface area contributed by atoms with Crippen molar-refractivity contribution in [2.24, 2.45) is 0 Å². The Labute approximate surface area is 118 Å². The van der Waals surface area contributed by atoms with E-state index in [0.717, 1.165) is 0 Å². The number of hydrogen-bond acceptors (Lipinski definition) is 5. The normalized spacial score (nSPS) is 10.7. The number of phenols is 1. The van der Waals surface area contributed by atoms with Gasteiger partial charge in [-0.05, 0) is 30.3 Å². The molecule has 3 rings (SSSR count). The first-order valence-electron chi connectivity index (χ1n) is 6.06. The molecule has 0 saturated carbocycles. The molecule has 0 radical (unpaired) electrons. The van der Waals surface area contributed by atoms with Crippen LogP contribution in [0.15, 0.2) is 57.7 Å². The van der Waals surface area contributed by atoms with Gasteiger partial charge in [-0.3, -0.25) is 14.9 Å². The molecule has 6 heteroatoms. The minimum Gasteiger partial charge on any atom is -0.508 e. The van der Waals surface area contributed by atoms with Gasteiger partial charge < -0.3 is 9.52 Å². The topological polar surface area (TPSA) is 93.6 Å². The first-order chi connectivity index (χ1) is 10.0. The van der Waals surface area contributed by atoms with Gasteiger partial charge in [0.2, 0.25) is 0 Å². The van der Waals surface area contributed by atoms with Crippen molar-refractivity contribution in [2.75, 3.05) is 0 Å². The van der Waals surface area contributed by atoms with Gasteiger partial charge in [-0.2, -0.15) is 0 Å². The predicted octanol–water partition coefficient (Wildman–Crippen LogP) is 3.07. The molecular formula is C15H9NO5. The Morgan fingerprint density at radius 2 is 1.76 bits per heavy atom. The molecule has 21 heavy (non-hydrogen) atoms. The Bertz CT molecular complexity index is 896. The number of hydrogen-bond donors (Lipinski definition) is 1. The van der Waals surface area contributed by atoms with Gasteiger partial charge in [0.1, 0.15) is 17.1 Å². The van der Waals surface area contributed by atoms with Crippen LogP contribution in [0, 0.1) is 10.1 Å². The summed E-state index contributed by atoms with van der Waals surface area (Å²) in [6, 6.07) is 11.4. The maximum atomic E-state index is 12.1. The minimum atomic E-state index is -0.563. The number of nitro groups is 1. The number of benzene rings is 2. The third kappa shape index (κ3) is 2.34. The molecule has 0 amide bonds. The molecule has 0 aliphatic carbocycles. The number of nitro benzene ring substituents is 1. The second-order valence-corrected chi connectivity index (χ2v) is 4.46. The Kier molecular flexibility index (Phi) is 2.91. The van der Waals surface area contributed by atoms with Crippen LogP contribution in [-0.4, -0.2) is 10.0 Å². The molecule has 1 aromatic heterocycles. The van der Waals surface area contributed by atoms with Crippen molar-refractivity contribution in [3.05, 3.63) is 68.9 Å². The molecule has 0 spiro atoms. The van der Waals surface area contributed by atoms with E-state index in [1.54, 1.807) is 12.1 Å². The summed E-state index contributed by atoms with van der Waals surface area (Å²) in [4.78, 5) is 22.2. The Morgan fingerprint density at radius 3 is 2.43 bits per heavy atom. The van der Waals surface area contributed by atoms with Crippen molar-refractivity contribution >= 4 is 16.7 Å². The average Bonchev–Trinajstić information content (AvgIpc) is 2.47. The molecule has 0 aliphatic rings. The Hall–Kier alpha value is -3.15. The summed E-state index contributed by atoms with van der Waals surface area (Å²) in [5, 5.41) is 20.1. The fourth-order valence-corrected chi connectivity index (χ4v) is 2.03. The van der Waals surface area contributed by atoms with Gasteiger partial charge in [0, 0.05) is 23.8 Å². The molecular weight excluding hydrogens is 274 g/mol. The second-order valence-electron chi connectivity index (χ2n) is 4.46. The molecule has 2 aromatic carbocycles. The molecule has 0 unspecified atom stereocenters. The van der Waals surface area contributed by atoms with Crippen molar-refractivity contribution in [1.29, 1.82) is 0 Å². The van der Waals surface area contributed by atoms with E-state index in [-0.39, 0.29) is 27.8 Å². The van der Waals surface area contributed by atoms with Crippen LogP contribution >= 0.6 is 0 Å². The summed E-state index contributed by atoms with van der Waals surface area (Å²) in [6.45, 7) is 0. The molecule has 0 saturated heterocycles. The number of rotatable bonds is 2. The minimum absolute atomic E-state index is 0.109. The highest BCUT2D eigenvalue weighted by Gasteiger charge is 2.12. The molecule has 104 valence electrons. The molecule has 0 fully saturated rings. The highest BCUT2D eigenvalue weighted by Crippen LogP contribution is 2.25. The van der Waals surface area contributed by atoms with E-state index >= 15 is 0 Å². The number of fused-ring (bicyclic) bond motifs is 1. The number of non-ortho nitro benzene ring substituents is 1. The fourth-order valence-electron chi connectivity index (χ4n) is 2.03. The summed E-state index contributed by atoms with van der Waals surface area (Å²) >= 11 is 0. The summed E-state index contributed by atoms with van der Waals surface area (Å²) < 4.78 is 5.60. The van der Waals surface area contributed by atoms with Crippen LogP contribution in [-0.2, 0) is 0 Å². The fraction of sp³-hybridized carbons (Fsp3) is 0. The van der Waals surface area contributed by atoms with Crippen LogP contribution in [0.3, 0.4) is 0 Å². The van der Waals surface area contributed by atoms with Gasteiger partial charge in [0.15, 0.2) is 5.43 Å². The highest BCUT2D eigenvalue weighted by atomic mass is 16.6. The zero-order valence-electron chi connectivity index (χ0n) is 10.6. The molecule has 1 N–H and O–H groups in total. The van der Waals surface area contributed by atoms with E-state index in [4.69, 9.17) is 4.42 Å². The zero-order chi connectivity index (χ0) is 15.0. The standard InChI is InChI=1S/C15H9NO5/c17-11-4-1-9(2-5-11)15-8-13(18)12-7-10(16(19)20)3-6-14(12)21-15/h1-8,17H. The van der Waals surface area contributed by atoms with E-state index in [1.165, 1.54) is 36.4 Å². The van der Waals surface area contributed by atoms with E-state index < -0.39 is 4.92 Å². The lowest BCUT2D eigenvalue weighted by molar-refractivity contribution is -0.384. The summed E-state index contributed by atoms with van der Waals surface area (Å²) in [5.41, 5.74) is 0.386. The third-order valence-corrected chi connectivity index (χ3v) is 3.07. The SMILES string of the molecule is O=c1cc(-c2ccc(O)cc2)oc2ccc([N+](=O)[O-])cc12. The van der Waals surface area contributed by atoms with Crippen LogP contribution in [0.1, 0.15) is 0 Å². The monoisotopic (exact) mass is 283 g/mol. The first kappa shape index (κ1) is 12.9. The average molecular weight is 283 g/mol. The van der Waals surface area contributed by atoms with Crippen molar-refractivity contribution in [3.63, 3.8) is 0 Å². The number of nitrogens with zero attached hydrogens (tertiary/aromatic N) is 1. The van der Waals surface area contributed by atoms with Crippen molar-refractivity contribution in [1.82, 2.24) is 0 Å². The lowest BCUT2D eigenvalue weighted by Crippen LogP contribution is -2.01. The maximum Gasteiger partial charge on any atom is 0.270 e. The molecule has 0 aliphatic heterocycles. The van der Waals surface area contributed by atoms with Gasteiger partial charge >= 0.3 is 0 Å². The zero-order valence-corrected chi connectivity index (χ0v) is 10.6. The Balaban J connectivity index is 2.20. The van der Waals surface area contributed by atoms with E-state index in [9.17, 15) is 20.0 Å². The molecule has 6 nitrogen and oxygen atoms in total. The molecule has 0 bridgehead atoms. The number of phenolic OH excluding ortho intramolecular Hbond substituents is 1. The van der Waals surface area contributed by atoms with Crippen LogP contribution < -0.4 is 5.43 Å². The first-order valence-corrected chi connectivity index (χ1v) is 6.06.